The lowest BCUT2D eigenvalue weighted by Gasteiger charge is -2.20. The van der Waals surface area contributed by atoms with E-state index in [1.54, 1.807) is 0 Å². The SMILES string of the molecule is CC(=O)COc1ccc(C(C)C(C)C(=O)OCc2ccccc2)cc1I. The highest BCUT2D eigenvalue weighted by Crippen LogP contribution is 2.30. The van der Waals surface area contributed by atoms with Crippen molar-refractivity contribution in [2.45, 2.75) is 33.3 Å². The normalized spacial score (nSPS) is 12.9. The Morgan fingerprint density at radius 2 is 1.77 bits per heavy atom. The Kier molecular flexibility index (Phi) is 7.63. The molecule has 0 aliphatic heterocycles. The van der Waals surface area contributed by atoms with Gasteiger partial charge in [0.15, 0.2) is 5.78 Å². The molecule has 26 heavy (non-hydrogen) atoms. The first-order valence-electron chi connectivity index (χ1n) is 8.50. The molecule has 0 fully saturated rings. The lowest BCUT2D eigenvalue weighted by atomic mass is 9.89. The van der Waals surface area contributed by atoms with Gasteiger partial charge < -0.3 is 9.47 Å². The highest BCUT2D eigenvalue weighted by atomic mass is 127. The third kappa shape index (κ3) is 5.83. The lowest BCUT2D eigenvalue weighted by molar-refractivity contribution is -0.150. The van der Waals surface area contributed by atoms with Crippen LogP contribution in [0.4, 0.5) is 0 Å². The van der Waals surface area contributed by atoms with E-state index in [0.29, 0.717) is 5.75 Å². The summed E-state index contributed by atoms with van der Waals surface area (Å²) >= 11 is 2.18. The second-order valence-corrected chi connectivity index (χ2v) is 7.51. The molecule has 0 radical (unpaired) electrons. The van der Waals surface area contributed by atoms with Crippen molar-refractivity contribution in [3.05, 3.63) is 63.2 Å². The molecule has 0 aliphatic carbocycles. The molecule has 0 saturated heterocycles. The summed E-state index contributed by atoms with van der Waals surface area (Å²) in [5.74, 6) is 0.185. The van der Waals surface area contributed by atoms with Crippen LogP contribution in [0.3, 0.4) is 0 Å². The van der Waals surface area contributed by atoms with E-state index in [4.69, 9.17) is 9.47 Å². The molecule has 0 saturated carbocycles. The van der Waals surface area contributed by atoms with Crippen LogP contribution in [-0.2, 0) is 20.9 Å². The molecular weight excluding hydrogens is 443 g/mol. The van der Waals surface area contributed by atoms with Crippen LogP contribution in [0.15, 0.2) is 48.5 Å². The van der Waals surface area contributed by atoms with E-state index in [0.717, 1.165) is 14.7 Å². The summed E-state index contributed by atoms with van der Waals surface area (Å²) in [6.45, 7) is 5.73. The van der Waals surface area contributed by atoms with Gasteiger partial charge in [0.2, 0.25) is 0 Å². The minimum atomic E-state index is -0.265. The molecule has 2 rings (SSSR count). The fourth-order valence-corrected chi connectivity index (χ4v) is 3.14. The number of Topliss-reactive ketones (excluding diaryl/α,β-unsaturated/α-hetero) is 1. The quantitative estimate of drug-likeness (QED) is 0.417. The molecule has 0 N–H and O–H groups in total. The number of ether oxygens (including phenoxy) is 2. The van der Waals surface area contributed by atoms with Crippen molar-refractivity contribution in [3.8, 4) is 5.75 Å². The van der Waals surface area contributed by atoms with Gasteiger partial charge >= 0.3 is 5.97 Å². The standard InChI is InChI=1S/C21H23IO4/c1-14(23)12-25-20-10-9-18(11-19(20)22)15(2)16(3)21(24)26-13-17-7-5-4-6-8-17/h4-11,15-16H,12-13H2,1-3H3. The van der Waals surface area contributed by atoms with Gasteiger partial charge in [0.1, 0.15) is 19.0 Å². The van der Waals surface area contributed by atoms with Crippen LogP contribution >= 0.6 is 22.6 Å². The van der Waals surface area contributed by atoms with E-state index in [-0.39, 0.29) is 36.8 Å². The van der Waals surface area contributed by atoms with Gasteiger partial charge in [-0.3, -0.25) is 9.59 Å². The summed E-state index contributed by atoms with van der Waals surface area (Å²) in [5, 5.41) is 0. The minimum absolute atomic E-state index is 0.00801. The van der Waals surface area contributed by atoms with Crippen molar-refractivity contribution in [1.29, 1.82) is 0 Å². The Morgan fingerprint density at radius 1 is 1.08 bits per heavy atom. The van der Waals surface area contributed by atoms with Gasteiger partial charge in [0, 0.05) is 0 Å². The molecule has 0 amide bonds. The third-order valence-electron chi connectivity index (χ3n) is 4.26. The number of ketones is 1. The molecule has 2 atom stereocenters. The number of carbonyl (C=O) groups excluding carboxylic acids is 2. The number of rotatable bonds is 8. The number of esters is 1. The maximum atomic E-state index is 12.4. The van der Waals surface area contributed by atoms with Crippen LogP contribution in [0.1, 0.15) is 37.8 Å². The van der Waals surface area contributed by atoms with Gasteiger partial charge in [-0.15, -0.1) is 0 Å². The Morgan fingerprint density at radius 3 is 2.38 bits per heavy atom. The molecule has 0 bridgehead atoms. The Bertz CT molecular complexity index is 758. The fourth-order valence-electron chi connectivity index (χ4n) is 2.45. The summed E-state index contributed by atoms with van der Waals surface area (Å²) in [7, 11) is 0. The van der Waals surface area contributed by atoms with E-state index in [1.807, 2.05) is 62.4 Å². The first-order valence-corrected chi connectivity index (χ1v) is 9.58. The number of carbonyl (C=O) groups is 2. The molecule has 2 aromatic carbocycles. The highest BCUT2D eigenvalue weighted by molar-refractivity contribution is 14.1. The number of benzene rings is 2. The molecule has 0 spiro atoms. The molecule has 2 aromatic rings. The Labute approximate surface area is 168 Å². The monoisotopic (exact) mass is 466 g/mol. The number of hydrogen-bond donors (Lipinski definition) is 0. The summed E-state index contributed by atoms with van der Waals surface area (Å²) in [6, 6.07) is 15.4. The number of hydrogen-bond acceptors (Lipinski definition) is 4. The van der Waals surface area contributed by atoms with E-state index in [2.05, 4.69) is 22.6 Å². The molecular formula is C21H23IO4. The van der Waals surface area contributed by atoms with Gasteiger partial charge in [-0.2, -0.15) is 0 Å². The molecule has 5 heteroatoms. The largest absolute Gasteiger partial charge is 0.485 e. The second-order valence-electron chi connectivity index (χ2n) is 6.35. The van der Waals surface area contributed by atoms with Gasteiger partial charge in [-0.25, -0.2) is 0 Å². The van der Waals surface area contributed by atoms with Gasteiger partial charge in [-0.1, -0.05) is 50.2 Å². The lowest BCUT2D eigenvalue weighted by Crippen LogP contribution is -2.20. The van der Waals surface area contributed by atoms with E-state index in [1.165, 1.54) is 6.92 Å². The number of halogens is 1. The average Bonchev–Trinajstić information content (AvgIpc) is 2.64. The second kappa shape index (κ2) is 9.71. The van der Waals surface area contributed by atoms with Crippen LogP contribution in [-0.4, -0.2) is 18.4 Å². The summed E-state index contributed by atoms with van der Waals surface area (Å²) < 4.78 is 11.8. The zero-order chi connectivity index (χ0) is 19.1. The topological polar surface area (TPSA) is 52.6 Å². The molecule has 138 valence electrons. The summed E-state index contributed by atoms with van der Waals surface area (Å²) in [5.41, 5.74) is 2.01. The Balaban J connectivity index is 1.98. The van der Waals surface area contributed by atoms with E-state index < -0.39 is 0 Å². The predicted molar refractivity (Wildman–Crippen MR) is 109 cm³/mol. The van der Waals surface area contributed by atoms with Crippen LogP contribution in [0.2, 0.25) is 0 Å². The summed E-state index contributed by atoms with van der Waals surface area (Å²) in [4.78, 5) is 23.4. The smallest absolute Gasteiger partial charge is 0.309 e. The molecule has 4 nitrogen and oxygen atoms in total. The maximum Gasteiger partial charge on any atom is 0.309 e. The van der Waals surface area contributed by atoms with Gasteiger partial charge in [-0.05, 0) is 58.7 Å². The third-order valence-corrected chi connectivity index (χ3v) is 5.10. The average molecular weight is 466 g/mol. The maximum absolute atomic E-state index is 12.4. The van der Waals surface area contributed by atoms with Crippen molar-refractivity contribution in [2.75, 3.05) is 6.61 Å². The molecule has 2 unspecified atom stereocenters. The van der Waals surface area contributed by atoms with Crippen molar-refractivity contribution in [3.63, 3.8) is 0 Å². The zero-order valence-electron chi connectivity index (χ0n) is 15.2. The summed E-state index contributed by atoms with van der Waals surface area (Å²) in [6.07, 6.45) is 0. The van der Waals surface area contributed by atoms with Gasteiger partial charge in [0.05, 0.1) is 9.49 Å². The van der Waals surface area contributed by atoms with Crippen molar-refractivity contribution >= 4 is 34.3 Å². The predicted octanol–water partition coefficient (Wildman–Crippen LogP) is 4.74. The van der Waals surface area contributed by atoms with Crippen molar-refractivity contribution < 1.29 is 19.1 Å². The van der Waals surface area contributed by atoms with E-state index >= 15 is 0 Å². The zero-order valence-corrected chi connectivity index (χ0v) is 17.4. The molecule has 0 heterocycles. The first kappa shape index (κ1) is 20.4. The van der Waals surface area contributed by atoms with E-state index in [9.17, 15) is 9.59 Å². The van der Waals surface area contributed by atoms with Crippen molar-refractivity contribution in [2.24, 2.45) is 5.92 Å². The minimum Gasteiger partial charge on any atom is -0.485 e. The molecule has 0 aliphatic rings. The Hall–Kier alpha value is -1.89. The van der Waals surface area contributed by atoms with Crippen LogP contribution in [0, 0.1) is 9.49 Å². The highest BCUT2D eigenvalue weighted by Gasteiger charge is 2.23. The van der Waals surface area contributed by atoms with Crippen molar-refractivity contribution in [1.82, 2.24) is 0 Å². The van der Waals surface area contributed by atoms with Crippen LogP contribution in [0.25, 0.3) is 0 Å². The fraction of sp³-hybridized carbons (Fsp3) is 0.333. The van der Waals surface area contributed by atoms with Crippen LogP contribution in [0.5, 0.6) is 5.75 Å². The first-order chi connectivity index (χ1) is 12.4. The molecule has 0 aromatic heterocycles. The van der Waals surface area contributed by atoms with Gasteiger partial charge in [0.25, 0.3) is 0 Å². The van der Waals surface area contributed by atoms with Crippen LogP contribution < -0.4 is 4.74 Å².